The minimum atomic E-state index is 0.436. The van der Waals surface area contributed by atoms with Crippen molar-refractivity contribution in [1.29, 1.82) is 0 Å². The third-order valence-electron chi connectivity index (χ3n) is 3.99. The van der Waals surface area contributed by atoms with E-state index in [4.69, 9.17) is 11.6 Å². The molecule has 1 unspecified atom stereocenters. The molecule has 0 saturated carbocycles. The first-order valence-corrected chi connectivity index (χ1v) is 7.30. The summed E-state index contributed by atoms with van der Waals surface area (Å²) >= 11 is 6.04. The number of imidazole rings is 1. The van der Waals surface area contributed by atoms with E-state index in [1.165, 1.54) is 19.4 Å². The third kappa shape index (κ3) is 2.35. The van der Waals surface area contributed by atoms with E-state index in [0.717, 1.165) is 29.1 Å². The predicted octanol–water partition coefficient (Wildman–Crippen LogP) is 2.57. The van der Waals surface area contributed by atoms with Crippen molar-refractivity contribution in [3.63, 3.8) is 0 Å². The molecule has 2 aromatic rings. The summed E-state index contributed by atoms with van der Waals surface area (Å²) in [4.78, 5) is 11.6. The van der Waals surface area contributed by atoms with Crippen molar-refractivity contribution >= 4 is 22.8 Å². The summed E-state index contributed by atoms with van der Waals surface area (Å²) in [6.07, 6.45) is 4.41. The Morgan fingerprint density at radius 2 is 2.32 bits per heavy atom. The van der Waals surface area contributed by atoms with Crippen LogP contribution < -0.4 is 0 Å². The first-order chi connectivity index (χ1) is 9.19. The van der Waals surface area contributed by atoms with E-state index in [2.05, 4.69) is 32.5 Å². The fourth-order valence-corrected chi connectivity index (χ4v) is 3.08. The van der Waals surface area contributed by atoms with Crippen LogP contribution in [-0.4, -0.2) is 39.1 Å². The first kappa shape index (κ1) is 12.9. The molecule has 3 rings (SSSR count). The standard InChI is InChI=1S/C14H19ClN4/c1-10-6-12-14(16-8-10)19(13(7-15)17-12)9-11-4-3-5-18(11)2/h6,8,11H,3-5,7,9H2,1-2H3. The normalized spacial score (nSPS) is 20.5. The Morgan fingerprint density at radius 3 is 3.00 bits per heavy atom. The topological polar surface area (TPSA) is 34.0 Å². The predicted molar refractivity (Wildman–Crippen MR) is 77.5 cm³/mol. The smallest absolute Gasteiger partial charge is 0.160 e. The van der Waals surface area contributed by atoms with Gasteiger partial charge in [0.05, 0.1) is 5.88 Å². The van der Waals surface area contributed by atoms with Crippen LogP contribution in [0.1, 0.15) is 24.2 Å². The molecule has 1 aliphatic rings. The molecule has 1 aliphatic heterocycles. The van der Waals surface area contributed by atoms with Gasteiger partial charge in [-0.25, -0.2) is 9.97 Å². The molecule has 0 spiro atoms. The fraction of sp³-hybridized carbons (Fsp3) is 0.571. The van der Waals surface area contributed by atoms with E-state index in [9.17, 15) is 0 Å². The SMILES string of the molecule is Cc1cnc2c(c1)nc(CCl)n2CC1CCCN1C. The van der Waals surface area contributed by atoms with E-state index in [0.29, 0.717) is 11.9 Å². The van der Waals surface area contributed by atoms with Crippen molar-refractivity contribution in [2.24, 2.45) is 0 Å². The maximum Gasteiger partial charge on any atom is 0.160 e. The Hall–Kier alpha value is -1.13. The van der Waals surface area contributed by atoms with Gasteiger partial charge < -0.3 is 9.47 Å². The van der Waals surface area contributed by atoms with E-state index >= 15 is 0 Å². The van der Waals surface area contributed by atoms with E-state index in [1.807, 2.05) is 13.1 Å². The van der Waals surface area contributed by atoms with Gasteiger partial charge in [-0.1, -0.05) is 0 Å². The van der Waals surface area contributed by atoms with Crippen LogP contribution in [0.4, 0.5) is 0 Å². The van der Waals surface area contributed by atoms with E-state index in [-0.39, 0.29) is 0 Å². The van der Waals surface area contributed by atoms with Crippen molar-refractivity contribution in [1.82, 2.24) is 19.4 Å². The fourth-order valence-electron chi connectivity index (χ4n) is 2.87. The molecule has 0 aromatic carbocycles. The number of alkyl halides is 1. The molecular weight excluding hydrogens is 260 g/mol. The lowest BCUT2D eigenvalue weighted by atomic mass is 10.2. The molecule has 1 atom stereocenters. The van der Waals surface area contributed by atoms with Gasteiger partial charge in [0.1, 0.15) is 11.3 Å². The third-order valence-corrected chi connectivity index (χ3v) is 4.22. The summed E-state index contributed by atoms with van der Waals surface area (Å²) in [7, 11) is 2.19. The van der Waals surface area contributed by atoms with E-state index < -0.39 is 0 Å². The van der Waals surface area contributed by atoms with Gasteiger partial charge in [0.2, 0.25) is 0 Å². The molecule has 102 valence electrons. The number of likely N-dealkylation sites (tertiary alicyclic amines) is 1. The molecule has 0 bridgehead atoms. The largest absolute Gasteiger partial charge is 0.310 e. The molecule has 3 heterocycles. The number of hydrogen-bond donors (Lipinski definition) is 0. The molecule has 0 radical (unpaired) electrons. The average molecular weight is 279 g/mol. The summed E-state index contributed by atoms with van der Waals surface area (Å²) in [5, 5.41) is 0. The highest BCUT2D eigenvalue weighted by Crippen LogP contribution is 2.22. The molecular formula is C14H19ClN4. The van der Waals surface area contributed by atoms with Crippen molar-refractivity contribution in [3.05, 3.63) is 23.7 Å². The molecule has 0 aliphatic carbocycles. The first-order valence-electron chi connectivity index (χ1n) is 6.77. The quantitative estimate of drug-likeness (QED) is 0.809. The van der Waals surface area contributed by atoms with Gasteiger partial charge in [0.15, 0.2) is 5.65 Å². The van der Waals surface area contributed by atoms with Crippen LogP contribution in [0.5, 0.6) is 0 Å². The van der Waals surface area contributed by atoms with Crippen molar-refractivity contribution in [3.8, 4) is 0 Å². The van der Waals surface area contributed by atoms with Gasteiger partial charge in [-0.3, -0.25) is 0 Å². The van der Waals surface area contributed by atoms with Gasteiger partial charge in [0.25, 0.3) is 0 Å². The Balaban J connectivity index is 2.00. The number of halogens is 1. The number of rotatable bonds is 3. The molecule has 1 fully saturated rings. The summed E-state index contributed by atoms with van der Waals surface area (Å²) in [5.74, 6) is 1.36. The van der Waals surface area contributed by atoms with Crippen LogP contribution in [-0.2, 0) is 12.4 Å². The van der Waals surface area contributed by atoms with Crippen LogP contribution >= 0.6 is 11.6 Å². The molecule has 0 amide bonds. The van der Waals surface area contributed by atoms with Crippen LogP contribution in [0, 0.1) is 6.92 Å². The minimum absolute atomic E-state index is 0.436. The van der Waals surface area contributed by atoms with Crippen LogP contribution in [0.15, 0.2) is 12.3 Å². The van der Waals surface area contributed by atoms with Crippen molar-refractivity contribution in [2.45, 2.75) is 38.2 Å². The number of hydrogen-bond acceptors (Lipinski definition) is 3. The van der Waals surface area contributed by atoms with Crippen molar-refractivity contribution < 1.29 is 0 Å². The molecule has 4 nitrogen and oxygen atoms in total. The highest BCUT2D eigenvalue weighted by atomic mass is 35.5. The molecule has 1 saturated heterocycles. The maximum absolute atomic E-state index is 6.04. The number of likely N-dealkylation sites (N-methyl/N-ethyl adjacent to an activating group) is 1. The molecule has 2 aromatic heterocycles. The van der Waals surface area contributed by atoms with Crippen LogP contribution in [0.2, 0.25) is 0 Å². The maximum atomic E-state index is 6.04. The highest BCUT2D eigenvalue weighted by Gasteiger charge is 2.23. The van der Waals surface area contributed by atoms with Gasteiger partial charge in [-0.2, -0.15) is 0 Å². The van der Waals surface area contributed by atoms with Gasteiger partial charge in [-0.05, 0) is 45.0 Å². The Kier molecular flexibility index (Phi) is 3.46. The summed E-state index contributed by atoms with van der Waals surface area (Å²) in [5.41, 5.74) is 3.05. The highest BCUT2D eigenvalue weighted by molar-refractivity contribution is 6.16. The summed E-state index contributed by atoms with van der Waals surface area (Å²) in [6, 6.07) is 2.65. The van der Waals surface area contributed by atoms with Gasteiger partial charge >= 0.3 is 0 Å². The lowest BCUT2D eigenvalue weighted by molar-refractivity contribution is 0.282. The monoisotopic (exact) mass is 278 g/mol. The van der Waals surface area contributed by atoms with Gasteiger partial charge in [0, 0.05) is 18.8 Å². The second kappa shape index (κ2) is 5.10. The molecule has 19 heavy (non-hydrogen) atoms. The van der Waals surface area contributed by atoms with Gasteiger partial charge in [-0.15, -0.1) is 11.6 Å². The Labute approximate surface area is 118 Å². The average Bonchev–Trinajstić information content (AvgIpc) is 2.94. The second-order valence-corrected chi connectivity index (χ2v) is 5.67. The van der Waals surface area contributed by atoms with Crippen LogP contribution in [0.3, 0.4) is 0 Å². The zero-order valence-electron chi connectivity index (χ0n) is 11.4. The van der Waals surface area contributed by atoms with E-state index in [1.54, 1.807) is 0 Å². The molecule has 5 heteroatoms. The summed E-state index contributed by atoms with van der Waals surface area (Å²) < 4.78 is 2.19. The second-order valence-electron chi connectivity index (χ2n) is 5.40. The number of nitrogens with zero attached hydrogens (tertiary/aromatic N) is 4. The number of pyridine rings is 1. The minimum Gasteiger partial charge on any atom is -0.310 e. The van der Waals surface area contributed by atoms with Crippen LogP contribution in [0.25, 0.3) is 11.2 Å². The Morgan fingerprint density at radius 1 is 1.47 bits per heavy atom. The zero-order valence-corrected chi connectivity index (χ0v) is 12.2. The zero-order chi connectivity index (χ0) is 13.4. The number of aryl methyl sites for hydroxylation is 1. The molecule has 0 N–H and O–H groups in total. The lowest BCUT2D eigenvalue weighted by Gasteiger charge is -2.20. The summed E-state index contributed by atoms with van der Waals surface area (Å²) in [6.45, 7) is 4.15. The lowest BCUT2D eigenvalue weighted by Crippen LogP contribution is -2.29. The Bertz CT molecular complexity index is 592. The van der Waals surface area contributed by atoms with Crippen molar-refractivity contribution in [2.75, 3.05) is 13.6 Å². The number of aromatic nitrogens is 3. The number of fused-ring (bicyclic) bond motifs is 1.